The van der Waals surface area contributed by atoms with E-state index in [0.29, 0.717) is 29.1 Å². The molecule has 106 heavy (non-hydrogen) atoms. The van der Waals surface area contributed by atoms with Crippen LogP contribution >= 0.6 is 22.7 Å². The second-order valence-corrected chi connectivity index (χ2v) is 33.1. The Labute approximate surface area is 624 Å². The summed E-state index contributed by atoms with van der Waals surface area (Å²) < 4.78 is 5.13. The Morgan fingerprint density at radius 3 is 1.08 bits per heavy atom. The van der Waals surface area contributed by atoms with Crippen LogP contribution in [0.3, 0.4) is 0 Å². The number of allylic oxidation sites excluding steroid dienone is 4. The molecule has 0 spiro atoms. The second-order valence-electron chi connectivity index (χ2n) is 27.2. The van der Waals surface area contributed by atoms with Crippen LogP contribution in [0.25, 0.3) is 153 Å². The van der Waals surface area contributed by atoms with Gasteiger partial charge in [-0.2, -0.15) is 0 Å². The van der Waals surface area contributed by atoms with Crippen molar-refractivity contribution < 1.29 is 0 Å². The van der Waals surface area contributed by atoms with E-state index in [0.717, 1.165) is 78.1 Å². The van der Waals surface area contributed by atoms with Gasteiger partial charge in [-0.3, -0.25) is 0 Å². The van der Waals surface area contributed by atoms with Crippen molar-refractivity contribution in [1.29, 1.82) is 0 Å². The molecule has 4 heterocycles. The van der Waals surface area contributed by atoms with Crippen molar-refractivity contribution in [2.75, 3.05) is 0 Å². The largest absolute Gasteiger partial charge is 0.212 e. The third kappa shape index (κ3) is 11.8. The third-order valence-electron chi connectivity index (χ3n) is 20.9. The van der Waals surface area contributed by atoms with Crippen LogP contribution in [-0.4, -0.2) is 38.0 Å². The Hall–Kier alpha value is -12.8. The zero-order valence-electron chi connectivity index (χ0n) is 57.9. The van der Waals surface area contributed by atoms with Crippen molar-refractivity contribution in [2.24, 2.45) is 5.92 Å². The minimum atomic E-state index is -2.86. The Morgan fingerprint density at radius 2 is 0.594 bits per heavy atom. The Morgan fingerprint density at radius 1 is 0.264 bits per heavy atom. The van der Waals surface area contributed by atoms with E-state index < -0.39 is 8.07 Å². The van der Waals surface area contributed by atoms with Gasteiger partial charge in [0.1, 0.15) is 5.82 Å². The fourth-order valence-corrected chi connectivity index (χ4v) is 23.6. The van der Waals surface area contributed by atoms with Gasteiger partial charge in [-0.15, -0.1) is 22.7 Å². The average Bonchev–Trinajstić information content (AvgIpc) is 0.987. The lowest BCUT2D eigenvalue weighted by atomic mass is 9.88. The Bertz CT molecular complexity index is 6140. The number of thiophene rings is 2. The quantitative estimate of drug-likeness (QED) is 0.0752. The topological polar surface area (TPSA) is 77.3 Å². The minimum Gasteiger partial charge on any atom is -0.212 e. The predicted octanol–water partition coefficient (Wildman–Crippen LogP) is 23.4. The van der Waals surface area contributed by atoms with Crippen LogP contribution in [0.1, 0.15) is 18.7 Å². The summed E-state index contributed by atoms with van der Waals surface area (Å²) in [7, 11) is -2.86. The molecule has 0 bridgehead atoms. The number of rotatable bonds is 15. The summed E-state index contributed by atoms with van der Waals surface area (Å²) in [5, 5.41) is 10.5. The van der Waals surface area contributed by atoms with E-state index in [-0.39, 0.29) is 11.8 Å². The molecule has 6 nitrogen and oxygen atoms in total. The van der Waals surface area contributed by atoms with Crippen LogP contribution in [0, 0.1) is 5.92 Å². The highest BCUT2D eigenvalue weighted by Gasteiger charge is 2.47. The van der Waals surface area contributed by atoms with Crippen LogP contribution in [0.5, 0.6) is 0 Å². The van der Waals surface area contributed by atoms with Gasteiger partial charge in [-0.05, 0) is 126 Å². The lowest BCUT2D eigenvalue weighted by Crippen LogP contribution is -2.69. The van der Waals surface area contributed by atoms with Gasteiger partial charge in [0.05, 0.1) is 0 Å². The van der Waals surface area contributed by atoms with Crippen molar-refractivity contribution >= 4 is 86.7 Å². The predicted molar refractivity (Wildman–Crippen MR) is 446 cm³/mol. The zero-order chi connectivity index (χ0) is 70.5. The number of aromatic nitrogens is 6. The Kier molecular flexibility index (Phi) is 16.6. The zero-order valence-corrected chi connectivity index (χ0v) is 60.5. The summed E-state index contributed by atoms with van der Waals surface area (Å²) in [6.07, 6.45) is 6.91. The van der Waals surface area contributed by atoms with Gasteiger partial charge < -0.3 is 0 Å². The second kappa shape index (κ2) is 27.5. The molecule has 9 heteroatoms. The van der Waals surface area contributed by atoms with Crippen LogP contribution in [0.2, 0.25) is 0 Å². The molecule has 19 rings (SSSR count). The van der Waals surface area contributed by atoms with Gasteiger partial charge in [0.15, 0.2) is 37.2 Å². The molecule has 0 N–H and O–H groups in total. The van der Waals surface area contributed by atoms with Gasteiger partial charge in [-0.1, -0.05) is 334 Å². The van der Waals surface area contributed by atoms with Crippen LogP contribution in [-0.2, 0) is 0 Å². The maximum atomic E-state index is 5.50. The normalized spacial score (nSPS) is 13.7. The van der Waals surface area contributed by atoms with Crippen LogP contribution < -0.4 is 15.6 Å². The molecule has 1 aliphatic rings. The van der Waals surface area contributed by atoms with Crippen LogP contribution in [0.4, 0.5) is 0 Å². The first-order valence-corrected chi connectivity index (χ1v) is 39.6. The SMILES string of the molecule is CC1C([Si](c2ccccc2)(c2ccccc2)c2ccccc2)=CC=CC1c1nc(-c2ccccc2)nc(-c2ccc(-c3cccc(-c4nc(-c5ccccc5)nc(-c5cc(-c6cccc(-c7cccc8c7sc7ccccc78)c6)cc(-c6cccc(-c7cccc8c7sc7ccccc78)c6)c5)n4)c3)cc2)n1. The molecule has 2 unspecified atom stereocenters. The first-order chi connectivity index (χ1) is 52.4. The highest BCUT2D eigenvalue weighted by Crippen LogP contribution is 2.45. The molecule has 0 saturated carbocycles. The summed E-state index contributed by atoms with van der Waals surface area (Å²) in [4.78, 5) is 32.3. The standard InChI is InChI=1S/C97H66N6S2Si/c1-63-80(45-26-52-89(63)106(77-37-11-4-12-38-77,78-39-13-5-14-40-78)79-41-15-6-16-42-79)97-102-93(66-29-9-3-10-30-66)98-94(103-97)67-55-53-64(54-56-67)68-31-23-36-73(59-68)95-99-92(65-27-7-2-8-28-65)100-96(101-95)76-61-74(69-32-21-34-71(57-69)81-46-24-48-85-83-43-17-19-50-87(83)104-90(81)85)60-75(62-76)70-33-22-35-72(58-70)82-47-25-49-86-84-44-18-20-51-88(84)105-91(82)86/h2-63,80H,1H3. The van der Waals surface area contributed by atoms with Gasteiger partial charge in [0, 0.05) is 74.1 Å². The molecule has 2 atom stereocenters. The fourth-order valence-electron chi connectivity index (χ4n) is 15.8. The molecule has 1 aliphatic carbocycles. The lowest BCUT2D eigenvalue weighted by molar-refractivity contribution is 0.587. The Balaban J connectivity index is 0.700. The molecule has 0 saturated heterocycles. The monoisotopic (exact) mass is 1410 g/mol. The summed E-state index contributed by atoms with van der Waals surface area (Å²) in [6.45, 7) is 2.37. The molecular weight excluding hydrogens is 1340 g/mol. The first-order valence-electron chi connectivity index (χ1n) is 36.0. The number of hydrogen-bond acceptors (Lipinski definition) is 8. The minimum absolute atomic E-state index is 0.0314. The van der Waals surface area contributed by atoms with E-state index in [9.17, 15) is 0 Å². The highest BCUT2D eigenvalue weighted by atomic mass is 32.1. The molecule has 0 amide bonds. The van der Waals surface area contributed by atoms with Crippen molar-refractivity contribution in [3.05, 3.63) is 381 Å². The number of benzene rings is 14. The average molecular weight is 1410 g/mol. The summed E-state index contributed by atoms with van der Waals surface area (Å²) in [5.74, 6) is 3.60. The van der Waals surface area contributed by atoms with E-state index in [2.05, 4.69) is 341 Å². The van der Waals surface area contributed by atoms with Gasteiger partial charge >= 0.3 is 0 Å². The number of nitrogens with zero attached hydrogens (tertiary/aromatic N) is 6. The van der Waals surface area contributed by atoms with Crippen molar-refractivity contribution in [2.45, 2.75) is 12.8 Å². The maximum Gasteiger partial charge on any atom is 0.175 e. The van der Waals surface area contributed by atoms with Gasteiger partial charge in [0.25, 0.3) is 0 Å². The molecule has 4 aromatic heterocycles. The number of hydrogen-bond donors (Lipinski definition) is 0. The number of fused-ring (bicyclic) bond motifs is 6. The summed E-state index contributed by atoms with van der Waals surface area (Å²) in [6, 6.07) is 127. The van der Waals surface area contributed by atoms with E-state index in [4.69, 9.17) is 29.9 Å². The van der Waals surface area contributed by atoms with E-state index >= 15 is 0 Å². The summed E-state index contributed by atoms with van der Waals surface area (Å²) in [5.41, 5.74) is 15.5. The third-order valence-corrected chi connectivity index (χ3v) is 28.5. The molecule has 0 fully saturated rings. The van der Waals surface area contributed by atoms with E-state index in [1.807, 2.05) is 59.1 Å². The smallest absolute Gasteiger partial charge is 0.175 e. The highest BCUT2D eigenvalue weighted by molar-refractivity contribution is 7.26. The molecular formula is C97H66N6S2Si. The molecule has 500 valence electrons. The molecule has 0 radical (unpaired) electrons. The molecule has 0 aliphatic heterocycles. The van der Waals surface area contributed by atoms with Crippen molar-refractivity contribution in [1.82, 2.24) is 29.9 Å². The maximum absolute atomic E-state index is 5.50. The first kappa shape index (κ1) is 64.1. The van der Waals surface area contributed by atoms with Crippen molar-refractivity contribution in [3.8, 4) is 113 Å². The van der Waals surface area contributed by atoms with Gasteiger partial charge in [-0.25, -0.2) is 29.9 Å². The van der Waals surface area contributed by atoms with E-state index in [1.165, 1.54) is 72.2 Å². The van der Waals surface area contributed by atoms with E-state index in [1.54, 1.807) is 0 Å². The van der Waals surface area contributed by atoms with Crippen molar-refractivity contribution in [3.63, 3.8) is 0 Å². The molecule has 14 aromatic carbocycles. The molecule has 18 aromatic rings. The van der Waals surface area contributed by atoms with Crippen LogP contribution in [0.15, 0.2) is 375 Å². The summed E-state index contributed by atoms with van der Waals surface area (Å²) >= 11 is 3.71. The van der Waals surface area contributed by atoms with Gasteiger partial charge in [0.2, 0.25) is 0 Å². The lowest BCUT2D eigenvalue weighted by Gasteiger charge is -2.41. The fraction of sp³-hybridized carbons (Fsp3) is 0.0309.